The Kier molecular flexibility index (Phi) is 3.08. The second kappa shape index (κ2) is 3.79. The summed E-state index contributed by atoms with van der Waals surface area (Å²) in [4.78, 5) is 0. The highest BCUT2D eigenvalue weighted by Crippen LogP contribution is 2.57. The van der Waals surface area contributed by atoms with Crippen molar-refractivity contribution >= 4 is 0 Å². The molecule has 0 saturated carbocycles. The Morgan fingerprint density at radius 2 is 1.39 bits per heavy atom. The van der Waals surface area contributed by atoms with Crippen LogP contribution in [0.2, 0.25) is 0 Å². The smallest absolute Gasteiger partial charge is 0.422 e. The van der Waals surface area contributed by atoms with Crippen LogP contribution < -0.4 is 0 Å². The van der Waals surface area contributed by atoms with Crippen molar-refractivity contribution in [3.63, 3.8) is 0 Å². The average Bonchev–Trinajstić information content (AvgIpc) is 2.23. The summed E-state index contributed by atoms with van der Waals surface area (Å²) in [6.45, 7) is 0. The predicted molar refractivity (Wildman–Crippen MR) is 34.4 cm³/mol. The van der Waals surface area contributed by atoms with E-state index in [1.165, 1.54) is 0 Å². The first-order valence-electron chi connectivity index (χ1n) is 3.80. The molecule has 0 amide bonds. The van der Waals surface area contributed by atoms with Gasteiger partial charge in [0, 0.05) is 0 Å². The molecular formula is C7F10O. The fourth-order valence-electron chi connectivity index (χ4n) is 0.890. The van der Waals surface area contributed by atoms with Crippen molar-refractivity contribution < 1.29 is 48.6 Å². The van der Waals surface area contributed by atoms with E-state index < -0.39 is 41.4 Å². The normalized spacial score (nSPS) is 21.4. The quantitative estimate of drug-likeness (QED) is 0.710. The summed E-state index contributed by atoms with van der Waals surface area (Å²) < 4.78 is 124. The second-order valence-electron chi connectivity index (χ2n) is 2.99. The highest BCUT2D eigenvalue weighted by molar-refractivity contribution is 5.36. The lowest BCUT2D eigenvalue weighted by Crippen LogP contribution is -2.54. The van der Waals surface area contributed by atoms with Crippen LogP contribution in [0, 0.1) is 0 Å². The van der Waals surface area contributed by atoms with Crippen molar-refractivity contribution in [1.82, 2.24) is 0 Å². The number of hydrogen-bond donors (Lipinski definition) is 0. The summed E-state index contributed by atoms with van der Waals surface area (Å²) >= 11 is 0. The Morgan fingerprint density at radius 1 is 0.944 bits per heavy atom. The van der Waals surface area contributed by atoms with Crippen LogP contribution in [-0.2, 0) is 4.74 Å². The van der Waals surface area contributed by atoms with E-state index in [0.717, 1.165) is 0 Å². The molecule has 0 N–H and O–H groups in total. The fourth-order valence-corrected chi connectivity index (χ4v) is 0.890. The van der Waals surface area contributed by atoms with Gasteiger partial charge in [0.05, 0.1) is 0 Å². The van der Waals surface area contributed by atoms with Gasteiger partial charge in [0.25, 0.3) is 5.83 Å². The fraction of sp³-hybridized carbons (Fsp3) is 0.429. The maximum absolute atomic E-state index is 12.4. The maximum atomic E-state index is 12.4. The highest BCUT2D eigenvalue weighted by atomic mass is 19.3. The standard InChI is InChI=1S/C7F10O/c8-1-3(6(14,15)5(1,12)13)18-7(16,17)2(9)4(10)11. The SMILES string of the molecule is FC(F)=C(F)C(F)(F)OC1=C(F)C(F)(F)C1(F)F. The largest absolute Gasteiger partial charge is 0.459 e. The van der Waals surface area contributed by atoms with Crippen LogP contribution in [-0.4, -0.2) is 18.0 Å². The lowest BCUT2D eigenvalue weighted by molar-refractivity contribution is -0.283. The van der Waals surface area contributed by atoms with E-state index in [-0.39, 0.29) is 0 Å². The average molecular weight is 290 g/mol. The van der Waals surface area contributed by atoms with Crippen molar-refractivity contribution in [2.75, 3.05) is 0 Å². The van der Waals surface area contributed by atoms with Gasteiger partial charge in [0.2, 0.25) is 11.6 Å². The topological polar surface area (TPSA) is 9.23 Å². The number of halogens is 10. The molecule has 0 spiro atoms. The summed E-state index contributed by atoms with van der Waals surface area (Å²) in [6.07, 6.45) is -9.32. The van der Waals surface area contributed by atoms with Crippen LogP contribution in [0.4, 0.5) is 43.9 Å². The molecule has 1 rings (SSSR count). The Bertz CT molecular complexity index is 430. The molecule has 104 valence electrons. The van der Waals surface area contributed by atoms with E-state index in [1.54, 1.807) is 0 Å². The van der Waals surface area contributed by atoms with Gasteiger partial charge < -0.3 is 4.74 Å². The molecule has 0 bridgehead atoms. The minimum Gasteiger partial charge on any atom is -0.422 e. The molecule has 11 heteroatoms. The molecule has 18 heavy (non-hydrogen) atoms. The number of ether oxygens (including phenoxy) is 1. The molecule has 0 atom stereocenters. The van der Waals surface area contributed by atoms with Crippen LogP contribution in [0.15, 0.2) is 23.5 Å². The minimum absolute atomic E-state index is 2.59. The molecule has 0 unspecified atom stereocenters. The van der Waals surface area contributed by atoms with Gasteiger partial charge in [0.1, 0.15) is 0 Å². The maximum Gasteiger partial charge on any atom is 0.459 e. The monoisotopic (exact) mass is 290 g/mol. The van der Waals surface area contributed by atoms with Crippen molar-refractivity contribution in [2.45, 2.75) is 18.0 Å². The van der Waals surface area contributed by atoms with Crippen LogP contribution in [0.3, 0.4) is 0 Å². The van der Waals surface area contributed by atoms with Crippen LogP contribution in [0.25, 0.3) is 0 Å². The van der Waals surface area contributed by atoms with Crippen LogP contribution in [0.1, 0.15) is 0 Å². The zero-order chi connectivity index (χ0) is 14.5. The van der Waals surface area contributed by atoms with E-state index in [9.17, 15) is 43.9 Å². The van der Waals surface area contributed by atoms with Crippen molar-refractivity contribution in [3.8, 4) is 0 Å². The molecule has 0 heterocycles. The molecule has 0 aromatic rings. The molecule has 0 aromatic heterocycles. The van der Waals surface area contributed by atoms with Crippen LogP contribution in [0.5, 0.6) is 0 Å². The molecule has 1 nitrogen and oxygen atoms in total. The number of hydrogen-bond acceptors (Lipinski definition) is 1. The Balaban J connectivity index is 3.09. The van der Waals surface area contributed by atoms with E-state index in [2.05, 4.69) is 4.74 Å². The Hall–Kier alpha value is -1.42. The summed E-state index contributed by atoms with van der Waals surface area (Å²) in [6, 6.07) is 0. The predicted octanol–water partition coefficient (Wildman–Crippen LogP) is 4.14. The third-order valence-corrected chi connectivity index (χ3v) is 1.81. The van der Waals surface area contributed by atoms with E-state index in [1.807, 2.05) is 0 Å². The molecule has 0 aromatic carbocycles. The molecule has 0 aliphatic heterocycles. The molecular weight excluding hydrogens is 290 g/mol. The molecule has 1 aliphatic carbocycles. The lowest BCUT2D eigenvalue weighted by atomic mass is 9.96. The van der Waals surface area contributed by atoms with Crippen molar-refractivity contribution in [2.24, 2.45) is 0 Å². The van der Waals surface area contributed by atoms with Crippen molar-refractivity contribution in [3.05, 3.63) is 23.5 Å². The van der Waals surface area contributed by atoms with Gasteiger partial charge in [-0.05, 0) is 0 Å². The first-order valence-corrected chi connectivity index (χ1v) is 3.80. The second-order valence-corrected chi connectivity index (χ2v) is 2.99. The van der Waals surface area contributed by atoms with Crippen molar-refractivity contribution in [1.29, 1.82) is 0 Å². The first kappa shape index (κ1) is 14.6. The molecule has 0 radical (unpaired) electrons. The van der Waals surface area contributed by atoms with Gasteiger partial charge in [-0.1, -0.05) is 0 Å². The molecule has 0 saturated heterocycles. The van der Waals surface area contributed by atoms with Gasteiger partial charge in [0.15, 0.2) is 0 Å². The summed E-state index contributed by atoms with van der Waals surface area (Å²) in [5, 5.41) is 0. The van der Waals surface area contributed by atoms with E-state index >= 15 is 0 Å². The van der Waals surface area contributed by atoms with Gasteiger partial charge in [-0.15, -0.1) is 0 Å². The van der Waals surface area contributed by atoms with Gasteiger partial charge in [-0.3, -0.25) is 0 Å². The number of alkyl halides is 6. The molecule has 1 aliphatic rings. The van der Waals surface area contributed by atoms with E-state index in [0.29, 0.717) is 0 Å². The number of allylic oxidation sites excluding steroid dienone is 2. The Labute approximate surface area is 91.3 Å². The highest BCUT2D eigenvalue weighted by Gasteiger charge is 2.76. The van der Waals surface area contributed by atoms with Gasteiger partial charge >= 0.3 is 24.0 Å². The zero-order valence-electron chi connectivity index (χ0n) is 7.69. The Morgan fingerprint density at radius 3 is 1.72 bits per heavy atom. The lowest BCUT2D eigenvalue weighted by Gasteiger charge is -2.36. The molecule has 0 fully saturated rings. The van der Waals surface area contributed by atoms with Gasteiger partial charge in [-0.2, -0.15) is 39.5 Å². The third-order valence-electron chi connectivity index (χ3n) is 1.81. The third kappa shape index (κ3) is 1.81. The summed E-state index contributed by atoms with van der Waals surface area (Å²) in [5.74, 6) is -20.5. The summed E-state index contributed by atoms with van der Waals surface area (Å²) in [5.41, 5.74) is 0. The summed E-state index contributed by atoms with van der Waals surface area (Å²) in [7, 11) is 0. The van der Waals surface area contributed by atoms with Crippen LogP contribution >= 0.6 is 0 Å². The zero-order valence-corrected chi connectivity index (χ0v) is 7.69. The first-order chi connectivity index (χ1) is 7.85. The minimum atomic E-state index is -5.69. The number of rotatable bonds is 3. The van der Waals surface area contributed by atoms with Gasteiger partial charge in [-0.25, -0.2) is 4.39 Å². The van der Waals surface area contributed by atoms with E-state index in [4.69, 9.17) is 0 Å².